The van der Waals surface area contributed by atoms with Gasteiger partial charge in [-0.1, -0.05) is 6.07 Å². The van der Waals surface area contributed by atoms with E-state index in [-0.39, 0.29) is 17.9 Å². The Kier molecular flexibility index (Phi) is 5.14. The first-order valence-corrected chi connectivity index (χ1v) is 9.65. The van der Waals surface area contributed by atoms with E-state index in [1.54, 1.807) is 11.3 Å². The van der Waals surface area contributed by atoms with Gasteiger partial charge in [0, 0.05) is 24.2 Å². The van der Waals surface area contributed by atoms with Crippen LogP contribution in [0.1, 0.15) is 23.1 Å². The first-order chi connectivity index (χ1) is 12.7. The van der Waals surface area contributed by atoms with Crippen LogP contribution in [0, 0.1) is 12.8 Å². The molecule has 4 heterocycles. The minimum absolute atomic E-state index is 0.0112. The quantitative estimate of drug-likeness (QED) is 0.886. The molecule has 4 rings (SSSR count). The fourth-order valence-electron chi connectivity index (χ4n) is 3.24. The Bertz CT molecular complexity index is 775. The molecule has 2 aliphatic heterocycles. The van der Waals surface area contributed by atoms with E-state index in [1.165, 1.54) is 0 Å². The molecule has 0 spiro atoms. The average Bonchev–Trinajstić information content (AvgIpc) is 3.33. The van der Waals surface area contributed by atoms with Crippen LogP contribution in [-0.4, -0.2) is 53.7 Å². The maximum Gasteiger partial charge on any atom is 0.228 e. The lowest BCUT2D eigenvalue weighted by molar-refractivity contribution is -0.143. The topological polar surface area (TPSA) is 76.6 Å². The third-order valence-corrected chi connectivity index (χ3v) is 5.44. The molecule has 2 atom stereocenters. The molecule has 0 aliphatic carbocycles. The van der Waals surface area contributed by atoms with E-state index in [4.69, 9.17) is 9.47 Å². The highest BCUT2D eigenvalue weighted by Crippen LogP contribution is 2.26. The molecule has 0 saturated carbocycles. The van der Waals surface area contributed by atoms with E-state index < -0.39 is 0 Å². The van der Waals surface area contributed by atoms with Crippen molar-refractivity contribution < 1.29 is 14.3 Å². The smallest absolute Gasteiger partial charge is 0.228 e. The van der Waals surface area contributed by atoms with Crippen molar-refractivity contribution in [3.05, 3.63) is 35.0 Å². The van der Waals surface area contributed by atoms with Crippen LogP contribution in [0.5, 0.6) is 0 Å². The van der Waals surface area contributed by atoms with Crippen molar-refractivity contribution in [3.8, 4) is 0 Å². The molecule has 0 radical (unpaired) electrons. The van der Waals surface area contributed by atoms with Gasteiger partial charge >= 0.3 is 0 Å². The number of rotatable bonds is 4. The van der Waals surface area contributed by atoms with Gasteiger partial charge in [0.15, 0.2) is 5.13 Å². The standard InChI is InChI=1S/C18H22N4O3S/c1-12-9-19-18(26-12)21-16-4-2-3-14(20-16)15-10-22(6-8-25-15)17(23)13-5-7-24-11-13/h2-4,9,13,15H,5-8,10-11H2,1H3,(H,19,20,21). The number of nitrogens with one attached hydrogen (secondary N) is 1. The summed E-state index contributed by atoms with van der Waals surface area (Å²) < 4.78 is 11.2. The second kappa shape index (κ2) is 7.69. The molecule has 2 aromatic heterocycles. The Hall–Kier alpha value is -2.03. The van der Waals surface area contributed by atoms with E-state index in [0.717, 1.165) is 27.9 Å². The number of amides is 1. The molecule has 2 aromatic rings. The summed E-state index contributed by atoms with van der Waals surface area (Å²) in [5.74, 6) is 0.888. The second-order valence-corrected chi connectivity index (χ2v) is 7.79. The number of thiazole rings is 1. The number of aromatic nitrogens is 2. The van der Waals surface area contributed by atoms with Gasteiger partial charge in [-0.25, -0.2) is 9.97 Å². The van der Waals surface area contributed by atoms with E-state index in [0.29, 0.717) is 32.9 Å². The zero-order valence-corrected chi connectivity index (χ0v) is 15.5. The lowest BCUT2D eigenvalue weighted by Gasteiger charge is -2.34. The van der Waals surface area contributed by atoms with Crippen molar-refractivity contribution in [1.82, 2.24) is 14.9 Å². The summed E-state index contributed by atoms with van der Waals surface area (Å²) >= 11 is 1.58. The van der Waals surface area contributed by atoms with Gasteiger partial charge in [0.25, 0.3) is 0 Å². The summed E-state index contributed by atoms with van der Waals surface area (Å²) in [7, 11) is 0. The first-order valence-electron chi connectivity index (χ1n) is 8.83. The predicted molar refractivity (Wildman–Crippen MR) is 98.6 cm³/mol. The van der Waals surface area contributed by atoms with Gasteiger partial charge in [-0.2, -0.15) is 0 Å². The third kappa shape index (κ3) is 3.87. The average molecular weight is 374 g/mol. The van der Waals surface area contributed by atoms with Crippen LogP contribution in [-0.2, 0) is 14.3 Å². The maximum absolute atomic E-state index is 12.6. The highest BCUT2D eigenvalue weighted by atomic mass is 32.1. The molecule has 2 saturated heterocycles. The molecule has 8 heteroatoms. The number of hydrogen-bond donors (Lipinski definition) is 1. The highest BCUT2D eigenvalue weighted by molar-refractivity contribution is 7.15. The van der Waals surface area contributed by atoms with E-state index in [2.05, 4.69) is 15.3 Å². The minimum atomic E-state index is -0.213. The normalized spacial score (nSPS) is 23.2. The Labute approximate surface area is 156 Å². The molecule has 1 amide bonds. The summed E-state index contributed by atoms with van der Waals surface area (Å²) in [4.78, 5) is 24.6. The molecular formula is C18H22N4O3S. The molecule has 7 nitrogen and oxygen atoms in total. The van der Waals surface area contributed by atoms with Gasteiger partial charge in [-0.15, -0.1) is 11.3 Å². The van der Waals surface area contributed by atoms with Gasteiger partial charge in [-0.3, -0.25) is 4.79 Å². The Balaban J connectivity index is 1.44. The molecule has 2 fully saturated rings. The lowest BCUT2D eigenvalue weighted by Crippen LogP contribution is -2.45. The van der Waals surface area contributed by atoms with Crippen LogP contribution < -0.4 is 5.32 Å². The molecule has 1 N–H and O–H groups in total. The maximum atomic E-state index is 12.6. The van der Waals surface area contributed by atoms with Crippen molar-refractivity contribution in [2.24, 2.45) is 5.92 Å². The Morgan fingerprint density at radius 2 is 2.31 bits per heavy atom. The summed E-state index contributed by atoms with van der Waals surface area (Å²) in [6, 6.07) is 5.79. The first kappa shape index (κ1) is 17.4. The monoisotopic (exact) mass is 374 g/mol. The molecule has 2 unspecified atom stereocenters. The Morgan fingerprint density at radius 1 is 1.38 bits per heavy atom. The summed E-state index contributed by atoms with van der Waals surface area (Å²) in [5.41, 5.74) is 0.823. The zero-order chi connectivity index (χ0) is 17.9. The van der Waals surface area contributed by atoms with Gasteiger partial charge in [-0.05, 0) is 25.5 Å². The van der Waals surface area contributed by atoms with Crippen molar-refractivity contribution in [2.75, 3.05) is 38.2 Å². The molecule has 26 heavy (non-hydrogen) atoms. The van der Waals surface area contributed by atoms with Crippen molar-refractivity contribution >= 4 is 28.2 Å². The summed E-state index contributed by atoms with van der Waals surface area (Å²) in [5, 5.41) is 4.04. The van der Waals surface area contributed by atoms with Crippen LogP contribution in [0.25, 0.3) is 0 Å². The highest BCUT2D eigenvalue weighted by Gasteiger charge is 2.32. The van der Waals surface area contributed by atoms with Gasteiger partial charge in [0.2, 0.25) is 5.91 Å². The number of morpholine rings is 1. The van der Waals surface area contributed by atoms with E-state index >= 15 is 0 Å². The largest absolute Gasteiger partial charge is 0.381 e. The minimum Gasteiger partial charge on any atom is -0.381 e. The summed E-state index contributed by atoms with van der Waals surface area (Å²) in [6.07, 6.45) is 2.43. The van der Waals surface area contributed by atoms with Crippen molar-refractivity contribution in [3.63, 3.8) is 0 Å². The van der Waals surface area contributed by atoms with Gasteiger partial charge in [0.1, 0.15) is 11.9 Å². The number of aryl methyl sites for hydroxylation is 1. The molecule has 138 valence electrons. The fraction of sp³-hybridized carbons (Fsp3) is 0.500. The lowest BCUT2D eigenvalue weighted by atomic mass is 10.1. The van der Waals surface area contributed by atoms with Crippen LogP contribution in [0.3, 0.4) is 0 Å². The van der Waals surface area contributed by atoms with Gasteiger partial charge < -0.3 is 19.7 Å². The zero-order valence-electron chi connectivity index (χ0n) is 14.7. The van der Waals surface area contributed by atoms with Crippen LogP contribution in [0.15, 0.2) is 24.4 Å². The summed E-state index contributed by atoms with van der Waals surface area (Å²) in [6.45, 7) is 4.91. The fourth-order valence-corrected chi connectivity index (χ4v) is 3.91. The van der Waals surface area contributed by atoms with Crippen molar-refractivity contribution in [2.45, 2.75) is 19.4 Å². The van der Waals surface area contributed by atoms with E-state index in [1.807, 2.05) is 36.2 Å². The van der Waals surface area contributed by atoms with Crippen LogP contribution in [0.2, 0.25) is 0 Å². The van der Waals surface area contributed by atoms with Gasteiger partial charge in [0.05, 0.1) is 31.4 Å². The SMILES string of the molecule is Cc1cnc(Nc2cccc(C3CN(C(=O)C4CCOC4)CCO3)n2)s1. The number of pyridine rings is 1. The predicted octanol–water partition coefficient (Wildman–Crippen LogP) is 2.53. The van der Waals surface area contributed by atoms with Crippen molar-refractivity contribution in [1.29, 1.82) is 0 Å². The Morgan fingerprint density at radius 3 is 3.08 bits per heavy atom. The number of carbonyl (C=O) groups excluding carboxylic acids is 1. The van der Waals surface area contributed by atoms with E-state index in [9.17, 15) is 4.79 Å². The number of hydrogen-bond acceptors (Lipinski definition) is 7. The molecule has 2 aliphatic rings. The van der Waals surface area contributed by atoms with Crippen LogP contribution in [0.4, 0.5) is 10.9 Å². The van der Waals surface area contributed by atoms with Crippen LogP contribution >= 0.6 is 11.3 Å². The molecular weight excluding hydrogens is 352 g/mol. The number of nitrogens with zero attached hydrogens (tertiary/aromatic N) is 3. The second-order valence-electron chi connectivity index (χ2n) is 6.55. The molecule has 0 aromatic carbocycles. The third-order valence-electron chi connectivity index (χ3n) is 4.61. The number of carbonyl (C=O) groups is 1. The number of anilines is 2. The number of ether oxygens (including phenoxy) is 2. The molecule has 0 bridgehead atoms.